The lowest BCUT2D eigenvalue weighted by Gasteiger charge is -2.24. The summed E-state index contributed by atoms with van der Waals surface area (Å²) in [7, 11) is 1.63. The molecule has 2 aromatic rings. The Hall–Kier alpha value is -3.09. The van der Waals surface area contributed by atoms with Crippen LogP contribution in [0.4, 0.5) is 5.82 Å². The van der Waals surface area contributed by atoms with Crippen LogP contribution < -0.4 is 9.64 Å². The van der Waals surface area contributed by atoms with Crippen LogP contribution in [0.3, 0.4) is 0 Å². The number of rotatable bonds is 6. The maximum atomic E-state index is 12.6. The number of carboxylic acid groups (broad SMARTS) is 1. The van der Waals surface area contributed by atoms with E-state index in [2.05, 4.69) is 4.98 Å². The van der Waals surface area contributed by atoms with Crippen LogP contribution in [-0.4, -0.2) is 60.2 Å². The van der Waals surface area contributed by atoms with Crippen LogP contribution >= 0.6 is 0 Å². The van der Waals surface area contributed by atoms with E-state index in [1.807, 2.05) is 34.1 Å². The second-order valence-corrected chi connectivity index (χ2v) is 6.75. The molecule has 7 nitrogen and oxygen atoms in total. The van der Waals surface area contributed by atoms with Gasteiger partial charge in [0.15, 0.2) is 0 Å². The minimum absolute atomic E-state index is 0.122. The second-order valence-electron chi connectivity index (χ2n) is 6.75. The monoisotopic (exact) mass is 383 g/mol. The van der Waals surface area contributed by atoms with Crippen molar-refractivity contribution in [2.24, 2.45) is 0 Å². The fourth-order valence-electron chi connectivity index (χ4n) is 3.40. The summed E-state index contributed by atoms with van der Waals surface area (Å²) in [6.07, 6.45) is 3.52. The summed E-state index contributed by atoms with van der Waals surface area (Å²) in [4.78, 5) is 32.2. The molecule has 3 rings (SSSR count). The summed E-state index contributed by atoms with van der Waals surface area (Å²) in [5, 5.41) is 9.38. The van der Waals surface area contributed by atoms with Gasteiger partial charge < -0.3 is 19.6 Å². The van der Waals surface area contributed by atoms with Gasteiger partial charge in [0.25, 0.3) is 0 Å². The van der Waals surface area contributed by atoms with E-state index >= 15 is 0 Å². The summed E-state index contributed by atoms with van der Waals surface area (Å²) in [5.41, 5.74) is 1.30. The number of nitrogens with zero attached hydrogens (tertiary/aromatic N) is 3. The van der Waals surface area contributed by atoms with E-state index in [0.717, 1.165) is 17.7 Å². The van der Waals surface area contributed by atoms with Gasteiger partial charge in [-0.25, -0.2) is 9.78 Å². The third kappa shape index (κ3) is 4.79. The second kappa shape index (κ2) is 9.21. The van der Waals surface area contributed by atoms with E-state index in [1.54, 1.807) is 25.4 Å². The van der Waals surface area contributed by atoms with Crippen LogP contribution in [0.1, 0.15) is 28.8 Å². The standard InChI is InChI=1S/C21H25N3O4/c1-28-17-8-5-16(6-9-17)7-10-19(25)23-12-3-13-24(15-14-23)20-18(21(26)27)4-2-11-22-20/h2,4-6,8-9,11H,3,7,10,12-15H2,1H3,(H,26,27). The summed E-state index contributed by atoms with van der Waals surface area (Å²) >= 11 is 0. The number of benzene rings is 1. The first-order valence-electron chi connectivity index (χ1n) is 9.42. The van der Waals surface area contributed by atoms with Crippen molar-refractivity contribution < 1.29 is 19.4 Å². The van der Waals surface area contributed by atoms with Gasteiger partial charge in [0.05, 0.1) is 7.11 Å². The van der Waals surface area contributed by atoms with Gasteiger partial charge in [-0.3, -0.25) is 4.79 Å². The molecule has 0 saturated carbocycles. The summed E-state index contributed by atoms with van der Waals surface area (Å²) in [6, 6.07) is 10.9. The van der Waals surface area contributed by atoms with E-state index in [0.29, 0.717) is 44.8 Å². The molecule has 1 aliphatic heterocycles. The lowest BCUT2D eigenvalue weighted by molar-refractivity contribution is -0.130. The van der Waals surface area contributed by atoms with Gasteiger partial charge in [-0.05, 0) is 42.7 Å². The highest BCUT2D eigenvalue weighted by molar-refractivity contribution is 5.93. The van der Waals surface area contributed by atoms with Gasteiger partial charge in [0, 0.05) is 38.8 Å². The first-order chi connectivity index (χ1) is 13.6. The molecule has 7 heteroatoms. The average Bonchev–Trinajstić information content (AvgIpc) is 2.98. The van der Waals surface area contributed by atoms with Crippen LogP contribution in [0.5, 0.6) is 5.75 Å². The first-order valence-corrected chi connectivity index (χ1v) is 9.42. The fraction of sp³-hybridized carbons (Fsp3) is 0.381. The van der Waals surface area contributed by atoms with Crippen molar-refractivity contribution in [3.8, 4) is 5.75 Å². The Morgan fingerprint density at radius 3 is 2.61 bits per heavy atom. The van der Waals surface area contributed by atoms with Crippen LogP contribution in [0, 0.1) is 0 Å². The highest BCUT2D eigenvalue weighted by atomic mass is 16.5. The number of pyridine rings is 1. The van der Waals surface area contributed by atoms with Crippen LogP contribution in [0.25, 0.3) is 0 Å². The van der Waals surface area contributed by atoms with Crippen molar-refractivity contribution in [1.82, 2.24) is 9.88 Å². The number of aromatic nitrogens is 1. The lowest BCUT2D eigenvalue weighted by Crippen LogP contribution is -2.35. The number of ether oxygens (including phenoxy) is 1. The molecule has 28 heavy (non-hydrogen) atoms. The van der Waals surface area contributed by atoms with Gasteiger partial charge in [-0.2, -0.15) is 0 Å². The minimum atomic E-state index is -0.986. The molecule has 0 spiro atoms. The van der Waals surface area contributed by atoms with Crippen molar-refractivity contribution in [1.29, 1.82) is 0 Å². The van der Waals surface area contributed by atoms with Gasteiger partial charge in [0.2, 0.25) is 5.91 Å². The Labute approximate surface area is 164 Å². The van der Waals surface area contributed by atoms with Crippen molar-refractivity contribution in [2.75, 3.05) is 38.2 Å². The number of carboxylic acids is 1. The molecule has 1 fully saturated rings. The van der Waals surface area contributed by atoms with Gasteiger partial charge in [-0.1, -0.05) is 12.1 Å². The molecule has 2 heterocycles. The number of hydrogen-bond acceptors (Lipinski definition) is 5. The van der Waals surface area contributed by atoms with Gasteiger partial charge in [-0.15, -0.1) is 0 Å². The van der Waals surface area contributed by atoms with Crippen molar-refractivity contribution in [3.05, 3.63) is 53.7 Å². The molecule has 148 valence electrons. The maximum absolute atomic E-state index is 12.6. The molecule has 1 aromatic heterocycles. The Bertz CT molecular complexity index is 823. The largest absolute Gasteiger partial charge is 0.497 e. The number of aryl methyl sites for hydroxylation is 1. The third-order valence-electron chi connectivity index (χ3n) is 4.95. The predicted molar refractivity (Wildman–Crippen MR) is 106 cm³/mol. The number of carbonyl (C=O) groups excluding carboxylic acids is 1. The number of carbonyl (C=O) groups is 2. The predicted octanol–water partition coefficient (Wildman–Crippen LogP) is 2.46. The number of anilines is 1. The fourth-order valence-corrected chi connectivity index (χ4v) is 3.40. The third-order valence-corrected chi connectivity index (χ3v) is 4.95. The van der Waals surface area contributed by atoms with E-state index < -0.39 is 5.97 Å². The molecule has 0 bridgehead atoms. The molecule has 0 aliphatic carbocycles. The highest BCUT2D eigenvalue weighted by Gasteiger charge is 2.22. The summed E-state index contributed by atoms with van der Waals surface area (Å²) < 4.78 is 5.15. The van der Waals surface area contributed by atoms with Crippen LogP contribution in [0.2, 0.25) is 0 Å². The van der Waals surface area contributed by atoms with E-state index in [1.165, 1.54) is 0 Å². The maximum Gasteiger partial charge on any atom is 0.339 e. The van der Waals surface area contributed by atoms with Crippen LogP contribution in [0.15, 0.2) is 42.6 Å². The normalized spacial score (nSPS) is 14.5. The van der Waals surface area contributed by atoms with Crippen LogP contribution in [-0.2, 0) is 11.2 Å². The summed E-state index contributed by atoms with van der Waals surface area (Å²) in [5.74, 6) is 0.414. The van der Waals surface area contributed by atoms with Crippen molar-refractivity contribution in [3.63, 3.8) is 0 Å². The molecular formula is C21H25N3O4. The molecule has 1 saturated heterocycles. The SMILES string of the molecule is COc1ccc(CCC(=O)N2CCCN(c3ncccc3C(=O)O)CC2)cc1. The van der Waals surface area contributed by atoms with E-state index in [9.17, 15) is 14.7 Å². The molecule has 0 atom stereocenters. The zero-order valence-electron chi connectivity index (χ0n) is 16.0. The Kier molecular flexibility index (Phi) is 6.47. The van der Waals surface area contributed by atoms with Gasteiger partial charge in [0.1, 0.15) is 17.1 Å². The average molecular weight is 383 g/mol. The van der Waals surface area contributed by atoms with E-state index in [-0.39, 0.29) is 11.5 Å². The number of hydrogen-bond donors (Lipinski definition) is 1. The smallest absolute Gasteiger partial charge is 0.339 e. The molecule has 1 aromatic carbocycles. The summed E-state index contributed by atoms with van der Waals surface area (Å²) in [6.45, 7) is 2.50. The molecule has 0 unspecified atom stereocenters. The first kappa shape index (κ1) is 19.7. The van der Waals surface area contributed by atoms with Crippen molar-refractivity contribution >= 4 is 17.7 Å². The Morgan fingerprint density at radius 2 is 1.89 bits per heavy atom. The number of amides is 1. The molecule has 1 amide bonds. The number of aromatic carboxylic acids is 1. The van der Waals surface area contributed by atoms with E-state index in [4.69, 9.17) is 4.74 Å². The zero-order valence-corrected chi connectivity index (χ0v) is 16.0. The zero-order chi connectivity index (χ0) is 19.9. The molecule has 1 N–H and O–H groups in total. The minimum Gasteiger partial charge on any atom is -0.497 e. The molecular weight excluding hydrogens is 358 g/mol. The Morgan fingerprint density at radius 1 is 1.11 bits per heavy atom. The quantitative estimate of drug-likeness (QED) is 0.825. The number of methoxy groups -OCH3 is 1. The highest BCUT2D eigenvalue weighted by Crippen LogP contribution is 2.20. The molecule has 1 aliphatic rings. The topological polar surface area (TPSA) is 83.0 Å². The lowest BCUT2D eigenvalue weighted by atomic mass is 10.1. The van der Waals surface area contributed by atoms with Gasteiger partial charge >= 0.3 is 5.97 Å². The van der Waals surface area contributed by atoms with Crippen molar-refractivity contribution in [2.45, 2.75) is 19.3 Å². The Balaban J connectivity index is 1.57. The molecule has 0 radical (unpaired) electrons.